The SMILES string of the molecule is C[C@@H]1CN([C@H](C)C(=O)Nc2ccccc2C(=O)c2ccccc2)C[C@H](C)O1. The minimum atomic E-state index is -0.307. The summed E-state index contributed by atoms with van der Waals surface area (Å²) >= 11 is 0. The molecule has 2 aromatic rings. The molecule has 1 aliphatic rings. The Morgan fingerprint density at radius 1 is 1.00 bits per heavy atom. The Morgan fingerprint density at radius 3 is 2.26 bits per heavy atom. The van der Waals surface area contributed by atoms with E-state index in [9.17, 15) is 9.59 Å². The van der Waals surface area contributed by atoms with E-state index in [1.165, 1.54) is 0 Å². The van der Waals surface area contributed by atoms with Gasteiger partial charge in [-0.1, -0.05) is 42.5 Å². The van der Waals surface area contributed by atoms with Crippen molar-refractivity contribution >= 4 is 17.4 Å². The van der Waals surface area contributed by atoms with Crippen LogP contribution in [0.25, 0.3) is 0 Å². The van der Waals surface area contributed by atoms with Crippen molar-refractivity contribution in [2.45, 2.75) is 39.0 Å². The second-order valence-corrected chi connectivity index (χ2v) is 7.12. The van der Waals surface area contributed by atoms with Crippen molar-refractivity contribution in [3.8, 4) is 0 Å². The molecule has 3 rings (SSSR count). The molecule has 0 radical (unpaired) electrons. The maximum atomic E-state index is 12.8. The highest BCUT2D eigenvalue weighted by Crippen LogP contribution is 2.21. The van der Waals surface area contributed by atoms with Gasteiger partial charge in [-0.3, -0.25) is 14.5 Å². The van der Waals surface area contributed by atoms with E-state index < -0.39 is 0 Å². The van der Waals surface area contributed by atoms with Crippen LogP contribution in [0.1, 0.15) is 36.7 Å². The van der Waals surface area contributed by atoms with Gasteiger partial charge >= 0.3 is 0 Å². The number of para-hydroxylation sites is 1. The molecule has 1 fully saturated rings. The molecule has 5 heteroatoms. The Kier molecular flexibility index (Phi) is 6.04. The third kappa shape index (κ3) is 4.62. The Labute approximate surface area is 160 Å². The topological polar surface area (TPSA) is 58.6 Å². The number of carbonyl (C=O) groups is 2. The smallest absolute Gasteiger partial charge is 0.241 e. The quantitative estimate of drug-likeness (QED) is 0.825. The molecule has 1 N–H and O–H groups in total. The number of hydrogen-bond donors (Lipinski definition) is 1. The van der Waals surface area contributed by atoms with E-state index in [1.54, 1.807) is 30.3 Å². The van der Waals surface area contributed by atoms with Crippen LogP contribution in [0.15, 0.2) is 54.6 Å². The average molecular weight is 366 g/mol. The summed E-state index contributed by atoms with van der Waals surface area (Å²) in [4.78, 5) is 27.8. The molecule has 0 unspecified atom stereocenters. The van der Waals surface area contributed by atoms with Crippen molar-refractivity contribution in [1.82, 2.24) is 4.90 Å². The van der Waals surface area contributed by atoms with Gasteiger partial charge in [0.25, 0.3) is 0 Å². The first-order valence-corrected chi connectivity index (χ1v) is 9.35. The zero-order valence-corrected chi connectivity index (χ0v) is 16.0. The fourth-order valence-electron chi connectivity index (χ4n) is 3.47. The Hall–Kier alpha value is -2.50. The lowest BCUT2D eigenvalue weighted by Crippen LogP contribution is -2.52. The Bertz CT molecular complexity index is 796. The van der Waals surface area contributed by atoms with Gasteiger partial charge in [0, 0.05) is 24.2 Å². The average Bonchev–Trinajstić information content (AvgIpc) is 2.67. The van der Waals surface area contributed by atoms with E-state index >= 15 is 0 Å². The molecule has 3 atom stereocenters. The molecule has 0 aromatic heterocycles. The summed E-state index contributed by atoms with van der Waals surface area (Å²) in [6, 6.07) is 15.9. The van der Waals surface area contributed by atoms with Gasteiger partial charge in [-0.25, -0.2) is 0 Å². The predicted octanol–water partition coefficient (Wildman–Crippen LogP) is 3.35. The van der Waals surface area contributed by atoms with E-state index in [0.29, 0.717) is 29.9 Å². The largest absolute Gasteiger partial charge is 0.373 e. The first kappa shape index (κ1) is 19.3. The minimum absolute atomic E-state index is 0.0935. The van der Waals surface area contributed by atoms with Crippen LogP contribution < -0.4 is 5.32 Å². The van der Waals surface area contributed by atoms with Crippen LogP contribution in [-0.2, 0) is 9.53 Å². The maximum Gasteiger partial charge on any atom is 0.241 e. The molecule has 142 valence electrons. The lowest BCUT2D eigenvalue weighted by Gasteiger charge is -2.38. The number of carbonyl (C=O) groups excluding carboxylic acids is 2. The summed E-state index contributed by atoms with van der Waals surface area (Å²) in [7, 11) is 0. The van der Waals surface area contributed by atoms with Crippen LogP contribution >= 0.6 is 0 Å². The molecule has 5 nitrogen and oxygen atoms in total. The van der Waals surface area contributed by atoms with E-state index in [0.717, 1.165) is 0 Å². The lowest BCUT2D eigenvalue weighted by atomic mass is 10.0. The highest BCUT2D eigenvalue weighted by atomic mass is 16.5. The van der Waals surface area contributed by atoms with Crippen LogP contribution in [0.5, 0.6) is 0 Å². The summed E-state index contributed by atoms with van der Waals surface area (Å²) < 4.78 is 5.75. The van der Waals surface area contributed by atoms with Crippen LogP contribution in [-0.4, -0.2) is 47.9 Å². The van der Waals surface area contributed by atoms with Gasteiger partial charge in [-0.2, -0.15) is 0 Å². The minimum Gasteiger partial charge on any atom is -0.373 e. The zero-order valence-electron chi connectivity index (χ0n) is 16.0. The first-order chi connectivity index (χ1) is 13.0. The van der Waals surface area contributed by atoms with Gasteiger partial charge in [0.05, 0.1) is 23.9 Å². The number of rotatable bonds is 5. The highest BCUT2D eigenvalue weighted by molar-refractivity contribution is 6.14. The number of benzene rings is 2. The van der Waals surface area contributed by atoms with Crippen LogP contribution in [0, 0.1) is 0 Å². The number of morpholine rings is 1. The lowest BCUT2D eigenvalue weighted by molar-refractivity contribution is -0.126. The van der Waals surface area contributed by atoms with Crippen molar-refractivity contribution in [2.75, 3.05) is 18.4 Å². The molecule has 0 saturated carbocycles. The van der Waals surface area contributed by atoms with Crippen LogP contribution in [0.2, 0.25) is 0 Å². The van der Waals surface area contributed by atoms with E-state index in [4.69, 9.17) is 4.74 Å². The van der Waals surface area contributed by atoms with E-state index in [-0.39, 0.29) is 29.9 Å². The molecule has 1 heterocycles. The standard InChI is InChI=1S/C22H26N2O3/c1-15-13-24(14-16(2)27-15)17(3)22(26)23-20-12-8-7-11-19(20)21(25)18-9-5-4-6-10-18/h4-12,15-17H,13-14H2,1-3H3,(H,23,26)/t15-,16+,17-/m1/s1. The van der Waals surface area contributed by atoms with Gasteiger partial charge in [-0.15, -0.1) is 0 Å². The zero-order chi connectivity index (χ0) is 19.4. The van der Waals surface area contributed by atoms with Crippen molar-refractivity contribution in [3.05, 3.63) is 65.7 Å². The Morgan fingerprint density at radius 2 is 1.59 bits per heavy atom. The van der Waals surface area contributed by atoms with Crippen molar-refractivity contribution < 1.29 is 14.3 Å². The molecule has 0 spiro atoms. The highest BCUT2D eigenvalue weighted by Gasteiger charge is 2.29. The number of hydrogen-bond acceptors (Lipinski definition) is 4. The molecule has 0 bridgehead atoms. The number of anilines is 1. The van der Waals surface area contributed by atoms with E-state index in [1.807, 2.05) is 45.0 Å². The van der Waals surface area contributed by atoms with Crippen molar-refractivity contribution in [1.29, 1.82) is 0 Å². The summed E-state index contributed by atoms with van der Waals surface area (Å²) in [6.45, 7) is 7.34. The molecule has 2 aromatic carbocycles. The maximum absolute atomic E-state index is 12.8. The van der Waals surface area contributed by atoms with Crippen molar-refractivity contribution in [3.63, 3.8) is 0 Å². The van der Waals surface area contributed by atoms with Gasteiger partial charge in [0.15, 0.2) is 5.78 Å². The summed E-state index contributed by atoms with van der Waals surface area (Å²) in [5, 5.41) is 2.95. The summed E-state index contributed by atoms with van der Waals surface area (Å²) in [5.41, 5.74) is 1.63. The van der Waals surface area contributed by atoms with Gasteiger partial charge in [0.1, 0.15) is 0 Å². The second-order valence-electron chi connectivity index (χ2n) is 7.12. The molecule has 1 amide bonds. The molecule has 27 heavy (non-hydrogen) atoms. The number of nitrogens with one attached hydrogen (secondary N) is 1. The third-order valence-corrected chi connectivity index (χ3v) is 4.84. The number of nitrogens with zero attached hydrogens (tertiary/aromatic N) is 1. The monoisotopic (exact) mass is 366 g/mol. The second kappa shape index (κ2) is 8.46. The fraction of sp³-hybridized carbons (Fsp3) is 0.364. The number of amides is 1. The summed E-state index contributed by atoms with van der Waals surface area (Å²) in [5.74, 6) is -0.225. The fourth-order valence-corrected chi connectivity index (χ4v) is 3.47. The normalized spacial score (nSPS) is 21.4. The van der Waals surface area contributed by atoms with Crippen LogP contribution in [0.4, 0.5) is 5.69 Å². The number of ether oxygens (including phenoxy) is 1. The molecule has 0 aliphatic carbocycles. The number of ketones is 1. The van der Waals surface area contributed by atoms with Gasteiger partial charge in [0.2, 0.25) is 5.91 Å². The molecular weight excluding hydrogens is 340 g/mol. The van der Waals surface area contributed by atoms with Gasteiger partial charge < -0.3 is 10.1 Å². The molecule has 1 saturated heterocycles. The molecular formula is C22H26N2O3. The van der Waals surface area contributed by atoms with E-state index in [2.05, 4.69) is 10.2 Å². The predicted molar refractivity (Wildman–Crippen MR) is 106 cm³/mol. The van der Waals surface area contributed by atoms with Gasteiger partial charge in [-0.05, 0) is 32.9 Å². The molecule has 1 aliphatic heterocycles. The first-order valence-electron chi connectivity index (χ1n) is 9.35. The summed E-state index contributed by atoms with van der Waals surface area (Å²) in [6.07, 6.45) is 0.187. The van der Waals surface area contributed by atoms with Crippen molar-refractivity contribution in [2.24, 2.45) is 0 Å². The third-order valence-electron chi connectivity index (χ3n) is 4.84. The van der Waals surface area contributed by atoms with Crippen LogP contribution in [0.3, 0.4) is 0 Å². The Balaban J connectivity index is 1.76.